The lowest BCUT2D eigenvalue weighted by Gasteiger charge is -2.25. The number of aromatic nitrogens is 1. The average molecular weight is 882 g/mol. The van der Waals surface area contributed by atoms with E-state index in [1.807, 2.05) is 18.2 Å². The molecule has 0 aliphatic carbocycles. The molecule has 0 radical (unpaired) electrons. The predicted molar refractivity (Wildman–Crippen MR) is 186 cm³/mol. The number of hydrogen-bond donors (Lipinski definition) is 0. The van der Waals surface area contributed by atoms with Crippen LogP contribution in [0.3, 0.4) is 0 Å². The van der Waals surface area contributed by atoms with E-state index in [-0.39, 0.29) is 17.7 Å². The Hall–Kier alpha value is -2.10. The summed E-state index contributed by atoms with van der Waals surface area (Å²) < 4.78 is 20.5. The number of carbonyl (C=O) groups excluding carboxylic acids is 1. The maximum atomic E-state index is 14.0. The van der Waals surface area contributed by atoms with E-state index in [1.165, 1.54) is 30.1 Å². The van der Waals surface area contributed by atoms with Gasteiger partial charge < -0.3 is 14.2 Å². The summed E-state index contributed by atoms with van der Waals surface area (Å²) in [4.78, 5) is 32.0. The van der Waals surface area contributed by atoms with E-state index in [0.29, 0.717) is 47.2 Å². The lowest BCUT2D eigenvalue weighted by atomic mass is 9.95. The van der Waals surface area contributed by atoms with Gasteiger partial charge in [-0.25, -0.2) is 9.79 Å². The smallest absolute Gasteiger partial charge is 0.338 e. The number of methoxy groups -OCH3 is 2. The van der Waals surface area contributed by atoms with Gasteiger partial charge in [-0.3, -0.25) is 9.36 Å². The molecular weight excluding hydrogens is 861 g/mol. The van der Waals surface area contributed by atoms with Crippen LogP contribution in [0, 0.1) is 7.14 Å². The summed E-state index contributed by atoms with van der Waals surface area (Å²) in [5.41, 5.74) is 2.52. The third-order valence-electron chi connectivity index (χ3n) is 6.62. The minimum Gasteiger partial charge on any atom is -0.496 e. The first kappa shape index (κ1) is 32.3. The first-order valence-electron chi connectivity index (χ1n) is 12.5. The van der Waals surface area contributed by atoms with Crippen LogP contribution < -0.4 is 24.4 Å². The van der Waals surface area contributed by atoms with Crippen LogP contribution >= 0.6 is 91.3 Å². The van der Waals surface area contributed by atoms with Gasteiger partial charge >= 0.3 is 5.97 Å². The molecule has 0 saturated heterocycles. The largest absolute Gasteiger partial charge is 0.496 e. The topological polar surface area (TPSA) is 79.1 Å². The van der Waals surface area contributed by atoms with Gasteiger partial charge in [-0.15, -0.1) is 0 Å². The van der Waals surface area contributed by atoms with E-state index < -0.39 is 12.0 Å². The number of carbonyl (C=O) groups is 1. The number of thiazole rings is 1. The summed E-state index contributed by atoms with van der Waals surface area (Å²) in [6, 6.07) is 13.4. The molecule has 2 heterocycles. The van der Waals surface area contributed by atoms with Gasteiger partial charge in [0.05, 0.1) is 37.2 Å². The SMILES string of the molecule is COC(=O)C1=C(C)N=c2s/c(=C\c3cc(I)c(OCc4ccc(Cl)cc4Cl)c(I)c3)c(=O)n2[C@H]1c1cc(Cl)ccc1OC. The van der Waals surface area contributed by atoms with E-state index >= 15 is 0 Å². The molecular formula is C30H21Cl3I2N2O5S. The quantitative estimate of drug-likeness (QED) is 0.146. The summed E-state index contributed by atoms with van der Waals surface area (Å²) in [5, 5.41) is 1.52. The molecule has 0 spiro atoms. The van der Waals surface area contributed by atoms with Gasteiger partial charge in [-0.2, -0.15) is 0 Å². The van der Waals surface area contributed by atoms with Crippen LogP contribution in [0.2, 0.25) is 15.1 Å². The molecule has 43 heavy (non-hydrogen) atoms. The van der Waals surface area contributed by atoms with Gasteiger partial charge in [0, 0.05) is 26.2 Å². The van der Waals surface area contributed by atoms with Crippen LogP contribution in [0.5, 0.6) is 11.5 Å². The fourth-order valence-electron chi connectivity index (χ4n) is 4.65. The van der Waals surface area contributed by atoms with Crippen LogP contribution in [-0.2, 0) is 16.1 Å². The lowest BCUT2D eigenvalue weighted by molar-refractivity contribution is -0.136. The Morgan fingerprint density at radius 2 is 1.72 bits per heavy atom. The van der Waals surface area contributed by atoms with Crippen molar-refractivity contribution < 1.29 is 19.0 Å². The zero-order chi connectivity index (χ0) is 31.0. The monoisotopic (exact) mass is 880 g/mol. The summed E-state index contributed by atoms with van der Waals surface area (Å²) in [6.45, 7) is 1.99. The van der Waals surface area contributed by atoms with E-state index in [9.17, 15) is 9.59 Å². The first-order valence-corrected chi connectivity index (χ1v) is 16.6. The van der Waals surface area contributed by atoms with Crippen molar-refractivity contribution in [3.63, 3.8) is 0 Å². The summed E-state index contributed by atoms with van der Waals surface area (Å²) in [5.74, 6) is 0.582. The molecule has 5 rings (SSSR count). The standard InChI is InChI=1S/C30H21Cl3I2N2O5S/c1-14-25(29(39)41-3)26(19-11-17(31)6-7-23(19)40-2)37-28(38)24(43-30(37)36-14)10-15-8-21(34)27(22(35)9-15)42-13-16-4-5-18(32)12-20(16)33/h4-12,26H,13H2,1-3H3/b24-10-/t26-/m0/s1. The lowest BCUT2D eigenvalue weighted by Crippen LogP contribution is -2.40. The van der Waals surface area contributed by atoms with Crippen molar-refractivity contribution in [3.8, 4) is 11.5 Å². The zero-order valence-electron chi connectivity index (χ0n) is 22.7. The van der Waals surface area contributed by atoms with Crippen molar-refractivity contribution in [1.29, 1.82) is 0 Å². The molecule has 7 nitrogen and oxygen atoms in total. The van der Waals surface area contributed by atoms with Crippen LogP contribution in [0.25, 0.3) is 6.08 Å². The Labute approximate surface area is 293 Å². The third kappa shape index (κ3) is 6.64. The Bertz CT molecular complexity index is 1970. The minimum absolute atomic E-state index is 0.230. The fourth-order valence-corrected chi connectivity index (χ4v) is 8.46. The van der Waals surface area contributed by atoms with E-state index in [0.717, 1.165) is 18.3 Å². The summed E-state index contributed by atoms with van der Waals surface area (Å²) in [7, 11) is 2.81. The molecule has 1 aliphatic rings. The molecule has 0 fully saturated rings. The van der Waals surface area contributed by atoms with Gasteiger partial charge in [-0.05, 0) is 106 Å². The van der Waals surface area contributed by atoms with E-state index in [4.69, 9.17) is 49.0 Å². The highest BCUT2D eigenvalue weighted by Crippen LogP contribution is 2.37. The number of hydrogen-bond acceptors (Lipinski definition) is 7. The molecule has 0 unspecified atom stereocenters. The molecule has 1 aromatic heterocycles. The highest BCUT2D eigenvalue weighted by Gasteiger charge is 2.35. The predicted octanol–water partition coefficient (Wildman–Crippen LogP) is 7.17. The maximum Gasteiger partial charge on any atom is 0.338 e. The molecule has 1 atom stereocenters. The van der Waals surface area contributed by atoms with Crippen molar-refractivity contribution in [2.45, 2.75) is 19.6 Å². The molecule has 1 aliphatic heterocycles. The van der Waals surface area contributed by atoms with Gasteiger partial charge in [0.1, 0.15) is 24.1 Å². The molecule has 222 valence electrons. The Kier molecular flexibility index (Phi) is 10.1. The number of fused-ring (bicyclic) bond motifs is 1. The van der Waals surface area contributed by atoms with Crippen molar-refractivity contribution in [2.24, 2.45) is 4.99 Å². The van der Waals surface area contributed by atoms with Crippen LogP contribution in [0.4, 0.5) is 0 Å². The van der Waals surface area contributed by atoms with Crippen LogP contribution in [0.15, 0.2) is 69.6 Å². The second kappa shape index (κ2) is 13.5. The number of allylic oxidation sites excluding steroid dienone is 1. The number of halogens is 5. The van der Waals surface area contributed by atoms with Crippen molar-refractivity contribution in [3.05, 3.63) is 118 Å². The third-order valence-corrected chi connectivity index (χ3v) is 10.0. The molecule has 0 N–H and O–H groups in total. The summed E-state index contributed by atoms with van der Waals surface area (Å²) in [6.07, 6.45) is 1.80. The number of esters is 1. The minimum atomic E-state index is -0.852. The number of rotatable bonds is 7. The van der Waals surface area contributed by atoms with Crippen LogP contribution in [-0.4, -0.2) is 24.8 Å². The van der Waals surface area contributed by atoms with Crippen molar-refractivity contribution in [1.82, 2.24) is 4.57 Å². The molecule has 13 heteroatoms. The van der Waals surface area contributed by atoms with Gasteiger partial charge in [0.25, 0.3) is 5.56 Å². The fraction of sp³-hybridized carbons (Fsp3) is 0.167. The normalized spacial score (nSPS) is 14.8. The first-order chi connectivity index (χ1) is 20.5. The van der Waals surface area contributed by atoms with Crippen LogP contribution in [0.1, 0.15) is 29.7 Å². The number of ether oxygens (including phenoxy) is 3. The molecule has 4 aromatic rings. The number of nitrogens with zero attached hydrogens (tertiary/aromatic N) is 2. The van der Waals surface area contributed by atoms with Gasteiger partial charge in [0.2, 0.25) is 0 Å². The van der Waals surface area contributed by atoms with E-state index in [2.05, 4.69) is 50.2 Å². The number of benzene rings is 3. The average Bonchev–Trinajstić information content (AvgIpc) is 3.26. The van der Waals surface area contributed by atoms with Crippen molar-refractivity contribution >= 4 is 103 Å². The molecule has 3 aromatic carbocycles. The molecule has 0 saturated carbocycles. The molecule has 0 amide bonds. The zero-order valence-corrected chi connectivity index (χ0v) is 30.1. The van der Waals surface area contributed by atoms with Gasteiger partial charge in [-0.1, -0.05) is 52.2 Å². The molecule has 0 bridgehead atoms. The highest BCUT2D eigenvalue weighted by atomic mass is 127. The van der Waals surface area contributed by atoms with Gasteiger partial charge in [0.15, 0.2) is 4.80 Å². The van der Waals surface area contributed by atoms with E-state index in [1.54, 1.807) is 43.3 Å². The maximum absolute atomic E-state index is 14.0. The Morgan fingerprint density at radius 1 is 1.05 bits per heavy atom. The Balaban J connectivity index is 1.58. The second-order valence-corrected chi connectivity index (χ2v) is 13.9. The van der Waals surface area contributed by atoms with Crippen molar-refractivity contribution in [2.75, 3.05) is 14.2 Å². The second-order valence-electron chi connectivity index (χ2n) is 9.30. The Morgan fingerprint density at radius 3 is 2.37 bits per heavy atom. The highest BCUT2D eigenvalue weighted by molar-refractivity contribution is 14.1. The summed E-state index contributed by atoms with van der Waals surface area (Å²) >= 11 is 24.3.